The first kappa shape index (κ1) is 18.5. The predicted octanol–water partition coefficient (Wildman–Crippen LogP) is 4.45. The fourth-order valence-electron chi connectivity index (χ4n) is 2.46. The molecule has 0 fully saturated rings. The summed E-state index contributed by atoms with van der Waals surface area (Å²) < 4.78 is 6.45. The predicted molar refractivity (Wildman–Crippen MR) is 102 cm³/mol. The lowest BCUT2D eigenvalue weighted by Gasteiger charge is -2.10. The molecule has 0 heterocycles. The highest BCUT2D eigenvalue weighted by molar-refractivity contribution is 9.10. The van der Waals surface area contributed by atoms with Gasteiger partial charge in [-0.2, -0.15) is 0 Å². The van der Waals surface area contributed by atoms with E-state index >= 15 is 0 Å². The second kappa shape index (κ2) is 9.48. The molecule has 1 amide bonds. The van der Waals surface area contributed by atoms with E-state index in [1.165, 1.54) is 16.7 Å². The molecule has 0 radical (unpaired) electrons. The van der Waals surface area contributed by atoms with Crippen LogP contribution in [0.1, 0.15) is 30.0 Å². The maximum Gasteiger partial charge on any atom is 0.257 e. The molecular formula is C20H24BrNO2. The molecule has 0 saturated heterocycles. The first-order valence-electron chi connectivity index (χ1n) is 8.32. The Morgan fingerprint density at radius 1 is 1.17 bits per heavy atom. The first-order chi connectivity index (χ1) is 11.6. The van der Waals surface area contributed by atoms with Crippen molar-refractivity contribution in [2.24, 2.45) is 0 Å². The van der Waals surface area contributed by atoms with Gasteiger partial charge in [-0.15, -0.1) is 0 Å². The van der Waals surface area contributed by atoms with Crippen molar-refractivity contribution in [3.05, 3.63) is 63.6 Å². The lowest BCUT2D eigenvalue weighted by molar-refractivity contribution is -0.123. The summed E-state index contributed by atoms with van der Waals surface area (Å²) in [5.74, 6) is 0.604. The summed E-state index contributed by atoms with van der Waals surface area (Å²) in [6, 6.07) is 14.4. The van der Waals surface area contributed by atoms with Gasteiger partial charge in [-0.1, -0.05) is 42.8 Å². The molecule has 1 N–H and O–H groups in total. The van der Waals surface area contributed by atoms with Gasteiger partial charge in [0.2, 0.25) is 0 Å². The number of rotatable bonds is 8. The zero-order valence-electron chi connectivity index (χ0n) is 14.3. The Morgan fingerprint density at radius 3 is 2.71 bits per heavy atom. The molecule has 4 heteroatoms. The Hall–Kier alpha value is -1.81. The quantitative estimate of drug-likeness (QED) is 0.677. The minimum Gasteiger partial charge on any atom is -0.483 e. The molecule has 128 valence electrons. The lowest BCUT2D eigenvalue weighted by Crippen LogP contribution is -2.30. The fraction of sp³-hybridized carbons (Fsp3) is 0.350. The van der Waals surface area contributed by atoms with E-state index in [4.69, 9.17) is 4.74 Å². The van der Waals surface area contributed by atoms with E-state index in [0.29, 0.717) is 12.3 Å². The van der Waals surface area contributed by atoms with Crippen LogP contribution in [0.25, 0.3) is 0 Å². The van der Waals surface area contributed by atoms with Crippen molar-refractivity contribution in [1.82, 2.24) is 5.32 Å². The van der Waals surface area contributed by atoms with Gasteiger partial charge < -0.3 is 10.1 Å². The van der Waals surface area contributed by atoms with Crippen LogP contribution in [0.4, 0.5) is 0 Å². The number of hydrogen-bond donors (Lipinski definition) is 1. The molecule has 2 aromatic rings. The van der Waals surface area contributed by atoms with E-state index in [-0.39, 0.29) is 12.5 Å². The zero-order chi connectivity index (χ0) is 17.4. The van der Waals surface area contributed by atoms with E-state index in [9.17, 15) is 4.79 Å². The summed E-state index contributed by atoms with van der Waals surface area (Å²) in [7, 11) is 0. The molecule has 0 spiro atoms. The van der Waals surface area contributed by atoms with Crippen LogP contribution in [0.5, 0.6) is 5.75 Å². The van der Waals surface area contributed by atoms with Gasteiger partial charge in [-0.25, -0.2) is 0 Å². The number of aryl methyl sites for hydroxylation is 3. The number of carbonyl (C=O) groups is 1. The third kappa shape index (κ3) is 6.00. The van der Waals surface area contributed by atoms with E-state index in [1.807, 2.05) is 18.2 Å². The zero-order valence-corrected chi connectivity index (χ0v) is 15.9. The third-order valence-electron chi connectivity index (χ3n) is 3.81. The SMILES string of the molecule is CCc1ccc(OCC(=O)NCCCc2cccc(C)c2)c(Br)c1. The van der Waals surface area contributed by atoms with Gasteiger partial charge in [0.15, 0.2) is 6.61 Å². The molecule has 0 aliphatic heterocycles. The van der Waals surface area contributed by atoms with Crippen molar-refractivity contribution in [1.29, 1.82) is 0 Å². The van der Waals surface area contributed by atoms with E-state index in [2.05, 4.69) is 59.4 Å². The molecule has 0 saturated carbocycles. The molecule has 0 unspecified atom stereocenters. The molecule has 24 heavy (non-hydrogen) atoms. The number of nitrogens with one attached hydrogen (secondary N) is 1. The Morgan fingerprint density at radius 2 is 2.00 bits per heavy atom. The number of halogens is 1. The summed E-state index contributed by atoms with van der Waals surface area (Å²) in [6.07, 6.45) is 2.86. The van der Waals surface area contributed by atoms with Crippen LogP contribution in [-0.2, 0) is 17.6 Å². The second-order valence-corrected chi connectivity index (χ2v) is 6.70. The number of ether oxygens (including phenoxy) is 1. The van der Waals surface area contributed by atoms with Gasteiger partial charge >= 0.3 is 0 Å². The minimum absolute atomic E-state index is 0.0362. The van der Waals surface area contributed by atoms with Crippen LogP contribution in [-0.4, -0.2) is 19.1 Å². The molecule has 2 aromatic carbocycles. The van der Waals surface area contributed by atoms with Gasteiger partial charge in [0.05, 0.1) is 4.47 Å². The summed E-state index contributed by atoms with van der Waals surface area (Å²) in [6.45, 7) is 4.89. The highest BCUT2D eigenvalue weighted by Gasteiger charge is 2.06. The average molecular weight is 390 g/mol. The summed E-state index contributed by atoms with van der Waals surface area (Å²) in [5.41, 5.74) is 3.81. The van der Waals surface area contributed by atoms with Crippen LogP contribution in [0, 0.1) is 6.92 Å². The van der Waals surface area contributed by atoms with Crippen molar-refractivity contribution >= 4 is 21.8 Å². The van der Waals surface area contributed by atoms with Crippen molar-refractivity contribution < 1.29 is 9.53 Å². The topological polar surface area (TPSA) is 38.3 Å². The molecule has 0 bridgehead atoms. The van der Waals surface area contributed by atoms with Crippen LogP contribution in [0.3, 0.4) is 0 Å². The molecule has 0 aliphatic carbocycles. The minimum atomic E-state index is -0.0919. The molecule has 0 aromatic heterocycles. The van der Waals surface area contributed by atoms with E-state index < -0.39 is 0 Å². The number of hydrogen-bond acceptors (Lipinski definition) is 2. The van der Waals surface area contributed by atoms with Crippen LogP contribution < -0.4 is 10.1 Å². The van der Waals surface area contributed by atoms with Gasteiger partial charge in [0.25, 0.3) is 5.91 Å². The van der Waals surface area contributed by atoms with Crippen LogP contribution in [0.15, 0.2) is 46.9 Å². The van der Waals surface area contributed by atoms with Crippen molar-refractivity contribution in [3.63, 3.8) is 0 Å². The lowest BCUT2D eigenvalue weighted by atomic mass is 10.1. The molecule has 0 atom stereocenters. The maximum absolute atomic E-state index is 11.9. The van der Waals surface area contributed by atoms with Crippen molar-refractivity contribution in [3.8, 4) is 5.75 Å². The first-order valence-corrected chi connectivity index (χ1v) is 9.11. The van der Waals surface area contributed by atoms with Gasteiger partial charge in [-0.05, 0) is 65.4 Å². The highest BCUT2D eigenvalue weighted by Crippen LogP contribution is 2.26. The van der Waals surface area contributed by atoms with Crippen molar-refractivity contribution in [2.45, 2.75) is 33.1 Å². The Labute approximate surface area is 152 Å². The molecule has 0 aliphatic rings. The van der Waals surface area contributed by atoms with E-state index in [0.717, 1.165) is 23.7 Å². The van der Waals surface area contributed by atoms with Crippen molar-refractivity contribution in [2.75, 3.05) is 13.2 Å². The monoisotopic (exact) mass is 389 g/mol. The number of carbonyl (C=O) groups excluding carboxylic acids is 1. The van der Waals surface area contributed by atoms with Gasteiger partial charge in [-0.3, -0.25) is 4.79 Å². The largest absolute Gasteiger partial charge is 0.483 e. The van der Waals surface area contributed by atoms with Gasteiger partial charge in [0, 0.05) is 6.54 Å². The molecular weight excluding hydrogens is 366 g/mol. The summed E-state index contributed by atoms with van der Waals surface area (Å²) >= 11 is 3.48. The standard InChI is InChI=1S/C20H24BrNO2/c1-3-16-9-10-19(18(21)13-16)24-14-20(23)22-11-5-8-17-7-4-6-15(2)12-17/h4,6-7,9-10,12-13H,3,5,8,11,14H2,1-2H3,(H,22,23). The third-order valence-corrected chi connectivity index (χ3v) is 4.43. The smallest absolute Gasteiger partial charge is 0.257 e. The normalized spacial score (nSPS) is 10.5. The molecule has 3 nitrogen and oxygen atoms in total. The highest BCUT2D eigenvalue weighted by atomic mass is 79.9. The van der Waals surface area contributed by atoms with Gasteiger partial charge in [0.1, 0.15) is 5.75 Å². The van der Waals surface area contributed by atoms with Crippen LogP contribution >= 0.6 is 15.9 Å². The molecule has 2 rings (SSSR count). The Kier molecular flexibility index (Phi) is 7.32. The maximum atomic E-state index is 11.9. The number of benzene rings is 2. The average Bonchev–Trinajstić information content (AvgIpc) is 2.57. The summed E-state index contributed by atoms with van der Waals surface area (Å²) in [5, 5.41) is 2.90. The number of amides is 1. The summed E-state index contributed by atoms with van der Waals surface area (Å²) in [4.78, 5) is 11.9. The Balaban J connectivity index is 1.68. The van der Waals surface area contributed by atoms with E-state index in [1.54, 1.807) is 0 Å². The second-order valence-electron chi connectivity index (χ2n) is 5.85. The Bertz CT molecular complexity index is 685. The fourth-order valence-corrected chi connectivity index (χ4v) is 3.00. The van der Waals surface area contributed by atoms with Crippen LogP contribution in [0.2, 0.25) is 0 Å².